The molecule has 0 aromatic heterocycles. The van der Waals surface area contributed by atoms with Crippen LogP contribution in [0.15, 0.2) is 10.6 Å². The minimum atomic E-state index is -2.98. The molecule has 0 spiro atoms. The SMILES string of the molecule is CC1(C)[C@H](C=C(Cl)Cl)[C@H]1C(=O)N[C@H]1CCS(=O)(=O)C1. The van der Waals surface area contributed by atoms with Crippen LogP contribution in [-0.2, 0) is 14.6 Å². The van der Waals surface area contributed by atoms with Gasteiger partial charge in [-0.15, -0.1) is 0 Å². The van der Waals surface area contributed by atoms with E-state index >= 15 is 0 Å². The maximum Gasteiger partial charge on any atom is 0.224 e. The van der Waals surface area contributed by atoms with Crippen LogP contribution in [0.5, 0.6) is 0 Å². The minimum Gasteiger partial charge on any atom is -0.352 e. The lowest BCUT2D eigenvalue weighted by molar-refractivity contribution is -0.123. The third-order valence-electron chi connectivity index (χ3n) is 4.08. The number of sulfone groups is 1. The van der Waals surface area contributed by atoms with Crippen molar-refractivity contribution in [2.45, 2.75) is 26.3 Å². The maximum atomic E-state index is 12.2. The average molecular weight is 326 g/mol. The Morgan fingerprint density at radius 2 is 2.00 bits per heavy atom. The molecule has 1 aliphatic carbocycles. The molecule has 1 N–H and O–H groups in total. The van der Waals surface area contributed by atoms with Gasteiger partial charge in [0.2, 0.25) is 5.91 Å². The Kier molecular flexibility index (Phi) is 3.93. The summed E-state index contributed by atoms with van der Waals surface area (Å²) in [5, 5.41) is 2.82. The number of rotatable bonds is 3. The van der Waals surface area contributed by atoms with Crippen molar-refractivity contribution in [2.24, 2.45) is 17.3 Å². The maximum absolute atomic E-state index is 12.2. The fraction of sp³-hybridized carbons (Fsp3) is 0.750. The Morgan fingerprint density at radius 3 is 2.47 bits per heavy atom. The van der Waals surface area contributed by atoms with Crippen molar-refractivity contribution in [3.05, 3.63) is 10.6 Å². The molecule has 1 heterocycles. The number of nitrogens with one attached hydrogen (secondary N) is 1. The largest absolute Gasteiger partial charge is 0.352 e. The van der Waals surface area contributed by atoms with Crippen LogP contribution in [0.3, 0.4) is 0 Å². The van der Waals surface area contributed by atoms with Crippen molar-refractivity contribution in [1.82, 2.24) is 5.32 Å². The smallest absolute Gasteiger partial charge is 0.224 e. The highest BCUT2D eigenvalue weighted by Gasteiger charge is 2.60. The van der Waals surface area contributed by atoms with Crippen LogP contribution in [0.1, 0.15) is 20.3 Å². The summed E-state index contributed by atoms with van der Waals surface area (Å²) in [4.78, 5) is 12.2. The van der Waals surface area contributed by atoms with Crippen LogP contribution >= 0.6 is 23.2 Å². The fourth-order valence-corrected chi connectivity index (χ4v) is 4.77. The molecule has 0 aromatic rings. The molecule has 2 rings (SSSR count). The Balaban J connectivity index is 1.97. The molecule has 19 heavy (non-hydrogen) atoms. The van der Waals surface area contributed by atoms with E-state index in [2.05, 4.69) is 5.32 Å². The first-order chi connectivity index (χ1) is 8.63. The Hall–Kier alpha value is -0.260. The molecule has 1 amide bonds. The zero-order valence-corrected chi connectivity index (χ0v) is 13.1. The van der Waals surface area contributed by atoms with Gasteiger partial charge in [0, 0.05) is 6.04 Å². The minimum absolute atomic E-state index is 0.00973. The van der Waals surface area contributed by atoms with Gasteiger partial charge in [-0.3, -0.25) is 4.79 Å². The van der Waals surface area contributed by atoms with Crippen LogP contribution < -0.4 is 5.32 Å². The third-order valence-corrected chi connectivity index (χ3v) is 6.10. The molecule has 2 aliphatic rings. The van der Waals surface area contributed by atoms with Crippen molar-refractivity contribution in [3.8, 4) is 0 Å². The summed E-state index contributed by atoms with van der Waals surface area (Å²) >= 11 is 11.3. The quantitative estimate of drug-likeness (QED) is 0.861. The second-order valence-corrected chi connectivity index (χ2v) is 9.13. The summed E-state index contributed by atoms with van der Waals surface area (Å²) in [6.45, 7) is 3.95. The number of hydrogen-bond acceptors (Lipinski definition) is 3. The number of allylic oxidation sites excluding steroid dienone is 1. The molecule has 0 bridgehead atoms. The predicted molar refractivity (Wildman–Crippen MR) is 75.8 cm³/mol. The molecule has 7 heteroatoms. The van der Waals surface area contributed by atoms with Crippen molar-refractivity contribution in [2.75, 3.05) is 11.5 Å². The molecule has 0 aromatic carbocycles. The van der Waals surface area contributed by atoms with Gasteiger partial charge in [-0.1, -0.05) is 37.0 Å². The molecule has 1 saturated carbocycles. The fourth-order valence-electron chi connectivity index (χ4n) is 2.83. The van der Waals surface area contributed by atoms with Gasteiger partial charge < -0.3 is 5.32 Å². The summed E-state index contributed by atoms with van der Waals surface area (Å²) in [5.74, 6) is -0.0901. The van der Waals surface area contributed by atoms with Crippen LogP contribution in [0.4, 0.5) is 0 Å². The Bertz CT molecular complexity index is 523. The molecule has 0 unspecified atom stereocenters. The van der Waals surface area contributed by atoms with Gasteiger partial charge in [0.05, 0.1) is 17.4 Å². The van der Waals surface area contributed by atoms with E-state index in [1.165, 1.54) is 0 Å². The first-order valence-electron chi connectivity index (χ1n) is 6.17. The molecule has 0 radical (unpaired) electrons. The van der Waals surface area contributed by atoms with Crippen molar-refractivity contribution in [1.29, 1.82) is 0 Å². The highest BCUT2D eigenvalue weighted by atomic mass is 35.5. The topological polar surface area (TPSA) is 63.2 Å². The van der Waals surface area contributed by atoms with E-state index < -0.39 is 9.84 Å². The zero-order valence-electron chi connectivity index (χ0n) is 10.8. The summed E-state index contributed by atoms with van der Waals surface area (Å²) in [7, 11) is -2.98. The van der Waals surface area contributed by atoms with Gasteiger partial charge >= 0.3 is 0 Å². The van der Waals surface area contributed by atoms with Crippen LogP contribution in [0.25, 0.3) is 0 Å². The highest BCUT2D eigenvalue weighted by Crippen LogP contribution is 2.59. The molecule has 4 nitrogen and oxygen atoms in total. The summed E-state index contributed by atoms with van der Waals surface area (Å²) < 4.78 is 22.9. The normalized spacial score (nSPS) is 34.6. The molecule has 108 valence electrons. The molecule has 2 fully saturated rings. The Morgan fingerprint density at radius 1 is 1.37 bits per heavy atom. The standard InChI is InChI=1S/C12H17Cl2NO3S/c1-12(2)8(5-9(13)14)10(12)11(16)15-7-3-4-19(17,18)6-7/h5,7-8,10H,3-4,6H2,1-2H3,(H,15,16)/t7-,8+,10-/m0/s1. The van der Waals surface area contributed by atoms with E-state index in [4.69, 9.17) is 23.2 Å². The van der Waals surface area contributed by atoms with Gasteiger partial charge in [0.25, 0.3) is 0 Å². The molecule has 3 atom stereocenters. The van der Waals surface area contributed by atoms with Crippen LogP contribution in [0, 0.1) is 17.3 Å². The average Bonchev–Trinajstić information content (AvgIpc) is 2.59. The van der Waals surface area contributed by atoms with Gasteiger partial charge in [-0.2, -0.15) is 0 Å². The van der Waals surface area contributed by atoms with Crippen molar-refractivity contribution < 1.29 is 13.2 Å². The predicted octanol–water partition coefficient (Wildman–Crippen LogP) is 1.88. The van der Waals surface area contributed by atoms with Gasteiger partial charge in [0.15, 0.2) is 9.84 Å². The van der Waals surface area contributed by atoms with Crippen molar-refractivity contribution in [3.63, 3.8) is 0 Å². The van der Waals surface area contributed by atoms with Crippen LogP contribution in [0.2, 0.25) is 0 Å². The third kappa shape index (κ3) is 3.26. The number of carbonyl (C=O) groups is 1. The number of carbonyl (C=O) groups excluding carboxylic acids is 1. The lowest BCUT2D eigenvalue weighted by Gasteiger charge is -2.11. The van der Waals surface area contributed by atoms with Crippen LogP contribution in [-0.4, -0.2) is 31.9 Å². The van der Waals surface area contributed by atoms with E-state index in [0.717, 1.165) is 0 Å². The van der Waals surface area contributed by atoms with Gasteiger partial charge in [0.1, 0.15) is 4.49 Å². The molecular weight excluding hydrogens is 309 g/mol. The summed E-state index contributed by atoms with van der Waals surface area (Å²) in [6.07, 6.45) is 2.18. The monoisotopic (exact) mass is 325 g/mol. The Labute approximate surface area is 123 Å². The molecular formula is C12H17Cl2NO3S. The van der Waals surface area contributed by atoms with E-state index in [9.17, 15) is 13.2 Å². The lowest BCUT2D eigenvalue weighted by Crippen LogP contribution is -2.37. The van der Waals surface area contributed by atoms with E-state index in [1.807, 2.05) is 13.8 Å². The summed E-state index contributed by atoms with van der Waals surface area (Å²) in [6, 6.07) is -0.259. The second-order valence-electron chi connectivity index (χ2n) is 5.89. The first-order valence-corrected chi connectivity index (χ1v) is 8.75. The number of hydrogen-bond donors (Lipinski definition) is 1. The van der Waals surface area contributed by atoms with Gasteiger partial charge in [-0.05, 0) is 23.8 Å². The van der Waals surface area contributed by atoms with E-state index in [-0.39, 0.29) is 45.2 Å². The van der Waals surface area contributed by atoms with E-state index in [0.29, 0.717) is 6.42 Å². The zero-order chi connectivity index (χ0) is 14.4. The second kappa shape index (κ2) is 4.93. The van der Waals surface area contributed by atoms with E-state index in [1.54, 1.807) is 6.08 Å². The highest BCUT2D eigenvalue weighted by molar-refractivity contribution is 7.91. The molecule has 1 saturated heterocycles. The number of halogens is 2. The lowest BCUT2D eigenvalue weighted by atomic mass is 10.1. The number of amides is 1. The van der Waals surface area contributed by atoms with Gasteiger partial charge in [-0.25, -0.2) is 8.42 Å². The first kappa shape index (κ1) is 15.1. The van der Waals surface area contributed by atoms with Crippen molar-refractivity contribution >= 4 is 38.9 Å². The summed E-state index contributed by atoms with van der Waals surface area (Å²) in [5.41, 5.74) is -0.184. The molecule has 1 aliphatic heterocycles.